The van der Waals surface area contributed by atoms with Crippen LogP contribution in [0, 0.1) is 11.6 Å². The van der Waals surface area contributed by atoms with Gasteiger partial charge in [-0.3, -0.25) is 4.79 Å². The fourth-order valence-electron chi connectivity index (χ4n) is 3.22. The molecule has 0 amide bonds. The summed E-state index contributed by atoms with van der Waals surface area (Å²) >= 11 is 0. The van der Waals surface area contributed by atoms with Gasteiger partial charge in [-0.05, 0) is 13.1 Å². The monoisotopic (exact) mass is 409 g/mol. The SMILES string of the molecule is CN1CCN(c2c(F)cc3c(=O)c(C(=O)O)cn(CCF)c3c2F)CC1.[KH]. The minimum atomic E-state index is -1.53. The second kappa shape index (κ2) is 9.06. The Morgan fingerprint density at radius 1 is 1.22 bits per heavy atom. The molecule has 2 aromatic rings. The Bertz CT molecular complexity index is 927. The van der Waals surface area contributed by atoms with Crippen LogP contribution in [0.15, 0.2) is 17.1 Å². The van der Waals surface area contributed by atoms with Crippen molar-refractivity contribution in [1.82, 2.24) is 9.47 Å². The number of aromatic nitrogens is 1. The molecule has 1 aliphatic rings. The van der Waals surface area contributed by atoms with Gasteiger partial charge in [0.2, 0.25) is 5.43 Å². The van der Waals surface area contributed by atoms with Crippen LogP contribution in [-0.2, 0) is 6.54 Å². The first kappa shape index (κ1) is 22.4. The molecule has 1 aromatic carbocycles. The second-order valence-corrected chi connectivity index (χ2v) is 6.27. The number of nitrogens with zero attached hydrogens (tertiary/aromatic N) is 3. The zero-order valence-corrected chi connectivity index (χ0v) is 14.1. The first-order chi connectivity index (χ1) is 12.3. The molecule has 2 heterocycles. The molecule has 27 heavy (non-hydrogen) atoms. The molecule has 1 fully saturated rings. The van der Waals surface area contributed by atoms with Gasteiger partial charge in [0.15, 0.2) is 5.82 Å². The van der Waals surface area contributed by atoms with Crippen LogP contribution in [-0.4, -0.2) is 112 Å². The van der Waals surface area contributed by atoms with Gasteiger partial charge in [-0.15, -0.1) is 0 Å². The number of rotatable bonds is 4. The minimum absolute atomic E-state index is 0. The molecule has 1 aromatic heterocycles. The topological polar surface area (TPSA) is 65.8 Å². The predicted molar refractivity (Wildman–Crippen MR) is 97.9 cm³/mol. The number of piperazine rings is 1. The number of hydrogen-bond acceptors (Lipinski definition) is 4. The molecule has 1 N–H and O–H groups in total. The first-order valence-electron chi connectivity index (χ1n) is 8.13. The Labute approximate surface area is 196 Å². The predicted octanol–water partition coefficient (Wildman–Crippen LogP) is 1.05. The van der Waals surface area contributed by atoms with Crippen molar-refractivity contribution in [2.45, 2.75) is 6.54 Å². The fourth-order valence-corrected chi connectivity index (χ4v) is 3.22. The number of anilines is 1. The Morgan fingerprint density at radius 2 is 1.85 bits per heavy atom. The molecule has 1 saturated heterocycles. The van der Waals surface area contributed by atoms with E-state index in [4.69, 9.17) is 5.11 Å². The van der Waals surface area contributed by atoms with Crippen molar-refractivity contribution in [3.63, 3.8) is 0 Å². The summed E-state index contributed by atoms with van der Waals surface area (Å²) in [5.41, 5.74) is -2.21. The van der Waals surface area contributed by atoms with E-state index in [1.807, 2.05) is 11.9 Å². The molecule has 1 aliphatic heterocycles. The Hall–Kier alpha value is -0.914. The van der Waals surface area contributed by atoms with Gasteiger partial charge in [0.1, 0.15) is 23.7 Å². The fraction of sp³-hybridized carbons (Fsp3) is 0.412. The zero-order chi connectivity index (χ0) is 19.0. The molecule has 10 heteroatoms. The summed E-state index contributed by atoms with van der Waals surface area (Å²) in [4.78, 5) is 27.1. The molecule has 0 radical (unpaired) electrons. The Balaban J connectivity index is 0.00000261. The molecule has 0 atom stereocenters. The van der Waals surface area contributed by atoms with Crippen LogP contribution in [0.25, 0.3) is 10.9 Å². The zero-order valence-electron chi connectivity index (χ0n) is 14.1. The van der Waals surface area contributed by atoms with Crippen molar-refractivity contribution < 1.29 is 23.1 Å². The quantitative estimate of drug-likeness (QED) is 0.765. The molecule has 142 valence electrons. The van der Waals surface area contributed by atoms with Gasteiger partial charge in [0, 0.05) is 32.4 Å². The number of likely N-dealkylation sites (N-methyl/N-ethyl adjacent to an activating group) is 1. The molecule has 3 rings (SSSR count). The van der Waals surface area contributed by atoms with E-state index in [2.05, 4.69) is 0 Å². The molecule has 0 unspecified atom stereocenters. The standard InChI is InChI=1S/C17H18F3N3O3.K.H/c1-21-4-6-22(7-5-21)15-12(19)8-10-14(13(15)20)23(3-2-18)9-11(16(10)24)17(25)26;;/h8-9H,2-7H2,1H3,(H,25,26);;. The number of hydrogen-bond donors (Lipinski definition) is 1. The summed E-state index contributed by atoms with van der Waals surface area (Å²) in [6, 6.07) is 0.843. The molecule has 0 saturated carbocycles. The van der Waals surface area contributed by atoms with Crippen LogP contribution in [0.5, 0.6) is 0 Å². The van der Waals surface area contributed by atoms with E-state index in [1.54, 1.807) is 4.90 Å². The van der Waals surface area contributed by atoms with Crippen LogP contribution in [0.4, 0.5) is 18.9 Å². The summed E-state index contributed by atoms with van der Waals surface area (Å²) in [5, 5.41) is 8.72. The van der Waals surface area contributed by atoms with Crippen molar-refractivity contribution in [2.75, 3.05) is 44.8 Å². The van der Waals surface area contributed by atoms with Gasteiger partial charge in [0.05, 0.1) is 17.4 Å². The number of benzene rings is 1. The third-order valence-corrected chi connectivity index (χ3v) is 4.60. The molecule has 0 spiro atoms. The normalized spacial score (nSPS) is 15.0. The summed E-state index contributed by atoms with van der Waals surface area (Å²) in [5.74, 6) is -3.45. The molecule has 6 nitrogen and oxygen atoms in total. The van der Waals surface area contributed by atoms with E-state index in [0.29, 0.717) is 26.2 Å². The van der Waals surface area contributed by atoms with Gasteiger partial charge < -0.3 is 19.5 Å². The van der Waals surface area contributed by atoms with Gasteiger partial charge in [-0.25, -0.2) is 18.0 Å². The van der Waals surface area contributed by atoms with Crippen molar-refractivity contribution in [3.8, 4) is 0 Å². The number of fused-ring (bicyclic) bond motifs is 1. The Morgan fingerprint density at radius 3 is 2.41 bits per heavy atom. The molecular weight excluding hydrogens is 390 g/mol. The number of halogens is 3. The van der Waals surface area contributed by atoms with E-state index in [9.17, 15) is 18.4 Å². The van der Waals surface area contributed by atoms with Crippen molar-refractivity contribution in [3.05, 3.63) is 39.7 Å². The maximum absolute atomic E-state index is 15.2. The third-order valence-electron chi connectivity index (χ3n) is 4.60. The summed E-state index contributed by atoms with van der Waals surface area (Å²) in [6.07, 6.45) is 0.904. The summed E-state index contributed by atoms with van der Waals surface area (Å²) < 4.78 is 43.7. The first-order valence-corrected chi connectivity index (χ1v) is 8.13. The molecular formula is C17H19F3KN3O3. The summed E-state index contributed by atoms with van der Waals surface area (Å²) in [7, 11) is 1.90. The number of carbonyl (C=O) groups is 1. The number of aromatic carboxylic acids is 1. The van der Waals surface area contributed by atoms with Crippen LogP contribution < -0.4 is 10.3 Å². The van der Waals surface area contributed by atoms with Crippen LogP contribution in [0.1, 0.15) is 10.4 Å². The van der Waals surface area contributed by atoms with E-state index in [-0.39, 0.29) is 69.1 Å². The molecule has 0 bridgehead atoms. The van der Waals surface area contributed by atoms with Gasteiger partial charge in [-0.2, -0.15) is 0 Å². The number of carboxylic acid groups (broad SMARTS) is 1. The second-order valence-electron chi connectivity index (χ2n) is 6.27. The third kappa shape index (κ3) is 4.25. The maximum atomic E-state index is 15.2. The van der Waals surface area contributed by atoms with Crippen molar-refractivity contribution in [2.24, 2.45) is 0 Å². The van der Waals surface area contributed by atoms with E-state index in [1.165, 1.54) is 0 Å². The van der Waals surface area contributed by atoms with E-state index in [0.717, 1.165) is 16.8 Å². The number of pyridine rings is 1. The average molecular weight is 409 g/mol. The van der Waals surface area contributed by atoms with Gasteiger partial charge in [-0.1, -0.05) is 0 Å². The van der Waals surface area contributed by atoms with Crippen LogP contribution >= 0.6 is 0 Å². The average Bonchev–Trinajstić information content (AvgIpc) is 2.58. The summed E-state index contributed by atoms with van der Waals surface area (Å²) in [6.45, 7) is 0.796. The molecule has 0 aliphatic carbocycles. The number of alkyl halides is 1. The van der Waals surface area contributed by atoms with Gasteiger partial charge >= 0.3 is 57.4 Å². The van der Waals surface area contributed by atoms with E-state index < -0.39 is 40.7 Å². The van der Waals surface area contributed by atoms with Gasteiger partial charge in [0.25, 0.3) is 0 Å². The van der Waals surface area contributed by atoms with E-state index >= 15 is 4.39 Å². The van der Waals surface area contributed by atoms with Crippen LogP contribution in [0.3, 0.4) is 0 Å². The number of aryl methyl sites for hydroxylation is 1. The Kier molecular flexibility index (Phi) is 7.51. The van der Waals surface area contributed by atoms with Crippen molar-refractivity contribution in [1.29, 1.82) is 0 Å². The van der Waals surface area contributed by atoms with Crippen molar-refractivity contribution >= 4 is 73.9 Å². The van der Waals surface area contributed by atoms with Crippen LogP contribution in [0.2, 0.25) is 0 Å². The number of carboxylic acids is 1.